The minimum absolute atomic E-state index is 0.234. The van der Waals surface area contributed by atoms with Crippen molar-refractivity contribution in [3.63, 3.8) is 0 Å². The molecule has 1 rings (SSSR count). The lowest BCUT2D eigenvalue weighted by atomic mass is 10.3. The van der Waals surface area contributed by atoms with Gasteiger partial charge in [-0.05, 0) is 31.9 Å². The van der Waals surface area contributed by atoms with Crippen LogP contribution in [-0.2, 0) is 11.2 Å². The SMILES string of the molecule is CCOCC.OCCc1cc[nH]c1. The largest absolute Gasteiger partial charge is 0.396 e. The third-order valence-corrected chi connectivity index (χ3v) is 1.47. The van der Waals surface area contributed by atoms with Crippen LogP contribution in [0.3, 0.4) is 0 Å². The van der Waals surface area contributed by atoms with Gasteiger partial charge in [0.2, 0.25) is 0 Å². The minimum Gasteiger partial charge on any atom is -0.396 e. The molecule has 0 aromatic carbocycles. The molecular formula is C10H19NO2. The Bertz CT molecular complexity index is 171. The van der Waals surface area contributed by atoms with E-state index < -0.39 is 0 Å². The van der Waals surface area contributed by atoms with Crippen molar-refractivity contribution in [2.45, 2.75) is 20.3 Å². The highest BCUT2D eigenvalue weighted by atomic mass is 16.5. The first kappa shape index (κ1) is 12.2. The molecule has 1 aromatic rings. The van der Waals surface area contributed by atoms with Crippen LogP contribution in [0, 0.1) is 0 Å². The van der Waals surface area contributed by atoms with Crippen LogP contribution in [0.1, 0.15) is 19.4 Å². The van der Waals surface area contributed by atoms with Gasteiger partial charge in [0.1, 0.15) is 0 Å². The molecule has 0 saturated heterocycles. The zero-order chi connectivity index (χ0) is 9.94. The van der Waals surface area contributed by atoms with E-state index in [4.69, 9.17) is 9.84 Å². The van der Waals surface area contributed by atoms with Gasteiger partial charge >= 0.3 is 0 Å². The molecular weight excluding hydrogens is 166 g/mol. The molecule has 0 aliphatic rings. The molecule has 0 saturated carbocycles. The highest BCUT2D eigenvalue weighted by molar-refractivity contribution is 5.07. The normalized spacial score (nSPS) is 9.15. The molecule has 0 unspecified atom stereocenters. The Morgan fingerprint density at radius 2 is 2.08 bits per heavy atom. The van der Waals surface area contributed by atoms with Gasteiger partial charge in [-0.25, -0.2) is 0 Å². The fourth-order valence-corrected chi connectivity index (χ4v) is 0.847. The summed E-state index contributed by atoms with van der Waals surface area (Å²) in [5, 5.41) is 8.42. The topological polar surface area (TPSA) is 45.2 Å². The third-order valence-electron chi connectivity index (χ3n) is 1.47. The number of aromatic amines is 1. The van der Waals surface area contributed by atoms with E-state index in [-0.39, 0.29) is 6.61 Å². The van der Waals surface area contributed by atoms with Crippen molar-refractivity contribution in [1.29, 1.82) is 0 Å². The Balaban J connectivity index is 0.000000252. The van der Waals surface area contributed by atoms with Crippen LogP contribution in [0.5, 0.6) is 0 Å². The summed E-state index contributed by atoms with van der Waals surface area (Å²) in [6.07, 6.45) is 4.49. The zero-order valence-corrected chi connectivity index (χ0v) is 8.42. The number of hydrogen-bond acceptors (Lipinski definition) is 2. The van der Waals surface area contributed by atoms with Crippen LogP contribution >= 0.6 is 0 Å². The fraction of sp³-hybridized carbons (Fsp3) is 0.600. The molecule has 1 heterocycles. The number of rotatable bonds is 4. The van der Waals surface area contributed by atoms with E-state index in [0.717, 1.165) is 25.2 Å². The van der Waals surface area contributed by atoms with E-state index in [1.807, 2.05) is 32.3 Å². The van der Waals surface area contributed by atoms with Crippen LogP contribution in [-0.4, -0.2) is 29.9 Å². The molecule has 0 fully saturated rings. The molecule has 0 bridgehead atoms. The Morgan fingerprint density at radius 3 is 2.38 bits per heavy atom. The van der Waals surface area contributed by atoms with E-state index >= 15 is 0 Å². The molecule has 3 nitrogen and oxygen atoms in total. The van der Waals surface area contributed by atoms with E-state index in [0.29, 0.717) is 0 Å². The lowest BCUT2D eigenvalue weighted by Gasteiger charge is -1.86. The van der Waals surface area contributed by atoms with Gasteiger partial charge in [-0.3, -0.25) is 0 Å². The molecule has 0 spiro atoms. The van der Waals surface area contributed by atoms with E-state index in [1.54, 1.807) is 0 Å². The van der Waals surface area contributed by atoms with Gasteiger partial charge < -0.3 is 14.8 Å². The molecule has 0 amide bonds. The third kappa shape index (κ3) is 7.56. The molecule has 0 aliphatic carbocycles. The average molecular weight is 185 g/mol. The van der Waals surface area contributed by atoms with Crippen LogP contribution < -0.4 is 0 Å². The number of H-pyrrole nitrogens is 1. The maximum absolute atomic E-state index is 8.42. The highest BCUT2D eigenvalue weighted by Crippen LogP contribution is 1.95. The lowest BCUT2D eigenvalue weighted by molar-refractivity contribution is 0.162. The summed E-state index contributed by atoms with van der Waals surface area (Å²) in [5.74, 6) is 0. The monoisotopic (exact) mass is 185 g/mol. The second kappa shape index (κ2) is 9.29. The van der Waals surface area contributed by atoms with Crippen molar-refractivity contribution in [3.05, 3.63) is 24.0 Å². The quantitative estimate of drug-likeness (QED) is 0.748. The molecule has 0 radical (unpaired) electrons. The summed E-state index contributed by atoms with van der Waals surface area (Å²) in [5.41, 5.74) is 1.16. The van der Waals surface area contributed by atoms with Crippen LogP contribution in [0.4, 0.5) is 0 Å². The highest BCUT2D eigenvalue weighted by Gasteiger charge is 1.86. The molecule has 13 heavy (non-hydrogen) atoms. The van der Waals surface area contributed by atoms with Gasteiger partial charge in [0.15, 0.2) is 0 Å². The van der Waals surface area contributed by atoms with E-state index in [9.17, 15) is 0 Å². The Labute approximate surface area is 79.7 Å². The van der Waals surface area contributed by atoms with E-state index in [2.05, 4.69) is 4.98 Å². The van der Waals surface area contributed by atoms with Crippen LogP contribution in [0.2, 0.25) is 0 Å². The van der Waals surface area contributed by atoms with Gasteiger partial charge in [-0.15, -0.1) is 0 Å². The zero-order valence-electron chi connectivity index (χ0n) is 8.42. The molecule has 0 aliphatic heterocycles. The first-order valence-corrected chi connectivity index (χ1v) is 4.65. The fourth-order valence-electron chi connectivity index (χ4n) is 0.847. The summed E-state index contributed by atoms with van der Waals surface area (Å²) in [6.45, 7) is 5.90. The van der Waals surface area contributed by atoms with E-state index in [1.165, 1.54) is 0 Å². The molecule has 1 aromatic heterocycles. The molecule has 0 atom stereocenters. The maximum atomic E-state index is 8.42. The van der Waals surface area contributed by atoms with Crippen molar-refractivity contribution in [2.75, 3.05) is 19.8 Å². The Morgan fingerprint density at radius 1 is 1.38 bits per heavy atom. The lowest BCUT2D eigenvalue weighted by Crippen LogP contribution is -1.85. The molecule has 2 N–H and O–H groups in total. The summed E-state index contributed by atoms with van der Waals surface area (Å²) in [4.78, 5) is 2.90. The van der Waals surface area contributed by atoms with Gasteiger partial charge in [-0.2, -0.15) is 0 Å². The van der Waals surface area contributed by atoms with Crippen molar-refractivity contribution in [1.82, 2.24) is 4.98 Å². The number of nitrogens with one attached hydrogen (secondary N) is 1. The number of aliphatic hydroxyl groups excluding tert-OH is 1. The van der Waals surface area contributed by atoms with Crippen LogP contribution in [0.25, 0.3) is 0 Å². The predicted molar refractivity (Wildman–Crippen MR) is 53.7 cm³/mol. The second-order valence-electron chi connectivity index (χ2n) is 2.47. The maximum Gasteiger partial charge on any atom is 0.0472 e. The van der Waals surface area contributed by atoms with Crippen LogP contribution in [0.15, 0.2) is 18.5 Å². The number of aromatic nitrogens is 1. The van der Waals surface area contributed by atoms with Gasteiger partial charge in [0.05, 0.1) is 0 Å². The Kier molecular flexibility index (Phi) is 8.72. The summed E-state index contributed by atoms with van der Waals surface area (Å²) >= 11 is 0. The van der Waals surface area contributed by atoms with Crippen molar-refractivity contribution >= 4 is 0 Å². The first-order chi connectivity index (χ1) is 6.35. The smallest absolute Gasteiger partial charge is 0.0472 e. The summed E-state index contributed by atoms with van der Waals surface area (Å²) in [6, 6.07) is 1.95. The van der Waals surface area contributed by atoms with Gasteiger partial charge in [-0.1, -0.05) is 0 Å². The van der Waals surface area contributed by atoms with Crippen molar-refractivity contribution in [3.8, 4) is 0 Å². The summed E-state index contributed by atoms with van der Waals surface area (Å²) in [7, 11) is 0. The van der Waals surface area contributed by atoms with Gasteiger partial charge in [0, 0.05) is 32.2 Å². The minimum atomic E-state index is 0.234. The number of hydrogen-bond donors (Lipinski definition) is 2. The predicted octanol–water partition coefficient (Wildman–Crippen LogP) is 1.59. The molecule has 3 heteroatoms. The second-order valence-corrected chi connectivity index (χ2v) is 2.47. The first-order valence-electron chi connectivity index (χ1n) is 4.65. The number of aliphatic hydroxyl groups is 1. The number of ether oxygens (including phenoxy) is 1. The van der Waals surface area contributed by atoms with Crippen molar-refractivity contribution < 1.29 is 9.84 Å². The average Bonchev–Trinajstić information content (AvgIpc) is 2.60. The summed E-state index contributed by atoms with van der Waals surface area (Å²) < 4.78 is 4.83. The Hall–Kier alpha value is -0.800. The standard InChI is InChI=1S/C6H9NO.C4H10O/c8-4-2-6-1-3-7-5-6;1-3-5-4-2/h1,3,5,7-8H,2,4H2;3-4H2,1-2H3. The van der Waals surface area contributed by atoms with Gasteiger partial charge in [0.25, 0.3) is 0 Å². The molecule has 76 valence electrons. The van der Waals surface area contributed by atoms with Crippen molar-refractivity contribution in [2.24, 2.45) is 0 Å².